The number of nitrogens with zero attached hydrogens (tertiary/aromatic N) is 3. The zero-order chi connectivity index (χ0) is 23.8. The van der Waals surface area contributed by atoms with Crippen LogP contribution in [0.4, 0.5) is 0 Å². The molecule has 35 heavy (non-hydrogen) atoms. The Labute approximate surface area is 203 Å². The normalized spacial score (nSPS) is 10.8. The SMILES string of the molecule is N#Cc1cccc(C#N)c1-c1ccc(-n2c3ccccc3c3ccccc32)cc1-c1ccccc1. The van der Waals surface area contributed by atoms with E-state index in [0.717, 1.165) is 33.4 Å². The number of rotatable bonds is 3. The van der Waals surface area contributed by atoms with Crippen molar-refractivity contribution in [3.05, 3.63) is 126 Å². The molecule has 0 atom stereocenters. The Hall–Kier alpha value is -5.12. The van der Waals surface area contributed by atoms with Gasteiger partial charge < -0.3 is 4.57 Å². The minimum Gasteiger partial charge on any atom is -0.309 e. The van der Waals surface area contributed by atoms with Crippen molar-refractivity contribution in [3.63, 3.8) is 0 Å². The summed E-state index contributed by atoms with van der Waals surface area (Å²) >= 11 is 0. The second-order valence-electron chi connectivity index (χ2n) is 8.42. The van der Waals surface area contributed by atoms with E-state index in [0.29, 0.717) is 16.7 Å². The lowest BCUT2D eigenvalue weighted by atomic mass is 9.89. The Balaban J connectivity index is 1.70. The molecule has 0 bridgehead atoms. The highest BCUT2D eigenvalue weighted by atomic mass is 15.0. The predicted molar refractivity (Wildman–Crippen MR) is 141 cm³/mol. The first kappa shape index (κ1) is 20.5. The van der Waals surface area contributed by atoms with E-state index >= 15 is 0 Å². The van der Waals surface area contributed by atoms with Gasteiger partial charge >= 0.3 is 0 Å². The molecule has 0 saturated carbocycles. The maximum absolute atomic E-state index is 9.84. The number of fused-ring (bicyclic) bond motifs is 3. The summed E-state index contributed by atoms with van der Waals surface area (Å²) < 4.78 is 2.28. The van der Waals surface area contributed by atoms with Crippen LogP contribution in [-0.4, -0.2) is 4.57 Å². The summed E-state index contributed by atoms with van der Waals surface area (Å²) in [7, 11) is 0. The zero-order valence-electron chi connectivity index (χ0n) is 18.8. The average Bonchev–Trinajstić information content (AvgIpc) is 3.27. The number of benzene rings is 5. The maximum Gasteiger partial charge on any atom is 0.0998 e. The lowest BCUT2D eigenvalue weighted by Gasteiger charge is -2.16. The number of aromatic nitrogens is 1. The van der Waals surface area contributed by atoms with Crippen LogP contribution in [0.25, 0.3) is 49.7 Å². The summed E-state index contributed by atoms with van der Waals surface area (Å²) in [4.78, 5) is 0. The molecular weight excluding hydrogens is 426 g/mol. The molecule has 0 fully saturated rings. The average molecular weight is 446 g/mol. The van der Waals surface area contributed by atoms with Crippen LogP contribution >= 0.6 is 0 Å². The number of para-hydroxylation sites is 2. The van der Waals surface area contributed by atoms with Gasteiger partial charge in [0.2, 0.25) is 0 Å². The van der Waals surface area contributed by atoms with Gasteiger partial charge in [0.15, 0.2) is 0 Å². The van der Waals surface area contributed by atoms with E-state index in [1.165, 1.54) is 10.8 Å². The van der Waals surface area contributed by atoms with Crippen molar-refractivity contribution in [3.8, 4) is 40.1 Å². The molecule has 0 aliphatic rings. The van der Waals surface area contributed by atoms with E-state index in [1.807, 2.05) is 24.3 Å². The van der Waals surface area contributed by atoms with Crippen molar-refractivity contribution < 1.29 is 0 Å². The van der Waals surface area contributed by atoms with Crippen LogP contribution in [0.3, 0.4) is 0 Å². The smallest absolute Gasteiger partial charge is 0.0998 e. The summed E-state index contributed by atoms with van der Waals surface area (Å²) in [5.74, 6) is 0. The Bertz CT molecular complexity index is 1730. The van der Waals surface area contributed by atoms with Crippen LogP contribution in [0.2, 0.25) is 0 Å². The molecule has 0 aliphatic carbocycles. The molecular formula is C32H19N3. The third kappa shape index (κ3) is 3.27. The quantitative estimate of drug-likeness (QED) is 0.278. The van der Waals surface area contributed by atoms with Gasteiger partial charge in [-0.15, -0.1) is 0 Å². The van der Waals surface area contributed by atoms with E-state index in [9.17, 15) is 10.5 Å². The monoisotopic (exact) mass is 445 g/mol. The highest BCUT2D eigenvalue weighted by Crippen LogP contribution is 2.39. The highest BCUT2D eigenvalue weighted by molar-refractivity contribution is 6.09. The first-order valence-corrected chi connectivity index (χ1v) is 11.4. The molecule has 3 nitrogen and oxygen atoms in total. The Kier molecular flexibility index (Phi) is 4.88. The minimum atomic E-state index is 0.492. The molecule has 0 amide bonds. The third-order valence-electron chi connectivity index (χ3n) is 6.50. The molecule has 1 heterocycles. The van der Waals surface area contributed by atoms with Crippen molar-refractivity contribution >= 4 is 21.8 Å². The first-order valence-electron chi connectivity index (χ1n) is 11.4. The van der Waals surface area contributed by atoms with Crippen molar-refractivity contribution in [1.29, 1.82) is 10.5 Å². The van der Waals surface area contributed by atoms with E-state index in [-0.39, 0.29) is 0 Å². The van der Waals surface area contributed by atoms with E-state index in [2.05, 4.69) is 89.5 Å². The fourth-order valence-corrected chi connectivity index (χ4v) is 4.98. The summed E-state index contributed by atoms with van der Waals surface area (Å²) in [5, 5.41) is 22.1. The second kappa shape index (κ2) is 8.34. The van der Waals surface area contributed by atoms with E-state index < -0.39 is 0 Å². The molecule has 3 heteroatoms. The molecule has 0 unspecified atom stereocenters. The Morgan fingerprint density at radius 3 is 1.69 bits per heavy atom. The van der Waals surface area contributed by atoms with Crippen LogP contribution in [0.1, 0.15) is 11.1 Å². The lowest BCUT2D eigenvalue weighted by molar-refractivity contribution is 1.18. The molecule has 0 radical (unpaired) electrons. The molecule has 5 aromatic carbocycles. The Morgan fingerprint density at radius 1 is 0.514 bits per heavy atom. The van der Waals surface area contributed by atoms with Crippen molar-refractivity contribution in [2.24, 2.45) is 0 Å². The number of hydrogen-bond donors (Lipinski definition) is 0. The Morgan fingerprint density at radius 2 is 1.09 bits per heavy atom. The minimum absolute atomic E-state index is 0.492. The fraction of sp³-hybridized carbons (Fsp3) is 0. The van der Waals surface area contributed by atoms with Crippen LogP contribution in [0.5, 0.6) is 0 Å². The van der Waals surface area contributed by atoms with Gasteiger partial charge in [-0.05, 0) is 53.1 Å². The van der Waals surface area contributed by atoms with Gasteiger partial charge in [-0.25, -0.2) is 0 Å². The van der Waals surface area contributed by atoms with Gasteiger partial charge in [-0.1, -0.05) is 78.9 Å². The van der Waals surface area contributed by atoms with Gasteiger partial charge in [0, 0.05) is 22.0 Å². The largest absolute Gasteiger partial charge is 0.309 e. The van der Waals surface area contributed by atoms with Crippen molar-refractivity contribution in [2.45, 2.75) is 0 Å². The molecule has 162 valence electrons. The van der Waals surface area contributed by atoms with Crippen LogP contribution in [-0.2, 0) is 0 Å². The molecule has 0 saturated heterocycles. The van der Waals surface area contributed by atoms with E-state index in [4.69, 9.17) is 0 Å². The summed E-state index contributed by atoms with van der Waals surface area (Å²) in [6, 6.07) is 43.1. The highest BCUT2D eigenvalue weighted by Gasteiger charge is 2.18. The van der Waals surface area contributed by atoms with Crippen LogP contribution in [0.15, 0.2) is 115 Å². The van der Waals surface area contributed by atoms with Gasteiger partial charge in [0.25, 0.3) is 0 Å². The number of hydrogen-bond acceptors (Lipinski definition) is 2. The number of nitriles is 2. The molecule has 0 aliphatic heterocycles. The molecule has 6 rings (SSSR count). The lowest BCUT2D eigenvalue weighted by Crippen LogP contribution is -1.98. The summed E-state index contributed by atoms with van der Waals surface area (Å²) in [5.41, 5.74) is 7.83. The topological polar surface area (TPSA) is 52.5 Å². The third-order valence-corrected chi connectivity index (χ3v) is 6.50. The van der Waals surface area contributed by atoms with Gasteiger partial charge in [-0.3, -0.25) is 0 Å². The summed E-state index contributed by atoms with van der Waals surface area (Å²) in [6.07, 6.45) is 0. The molecule has 0 spiro atoms. The molecule has 6 aromatic rings. The second-order valence-corrected chi connectivity index (χ2v) is 8.42. The standard InChI is InChI=1S/C32H19N3/c33-20-23-11-8-12-24(21-34)32(23)28-18-17-25(19-29(28)22-9-2-1-3-10-22)35-30-15-6-4-13-26(30)27-14-5-7-16-31(27)35/h1-19H. The van der Waals surface area contributed by atoms with Gasteiger partial charge in [0.1, 0.15) is 0 Å². The molecule has 0 N–H and O–H groups in total. The van der Waals surface area contributed by atoms with Crippen LogP contribution in [0, 0.1) is 22.7 Å². The predicted octanol–water partition coefficient (Wildman–Crippen LogP) is 7.86. The molecule has 1 aromatic heterocycles. The van der Waals surface area contributed by atoms with Gasteiger partial charge in [0.05, 0.1) is 34.3 Å². The fourth-order valence-electron chi connectivity index (χ4n) is 4.98. The summed E-state index contributed by atoms with van der Waals surface area (Å²) in [6.45, 7) is 0. The van der Waals surface area contributed by atoms with Crippen LogP contribution < -0.4 is 0 Å². The zero-order valence-corrected chi connectivity index (χ0v) is 18.8. The van der Waals surface area contributed by atoms with E-state index in [1.54, 1.807) is 18.2 Å². The maximum atomic E-state index is 9.84. The first-order chi connectivity index (χ1) is 17.3. The van der Waals surface area contributed by atoms with Crippen molar-refractivity contribution in [2.75, 3.05) is 0 Å². The van der Waals surface area contributed by atoms with Crippen molar-refractivity contribution in [1.82, 2.24) is 4.57 Å². The van der Waals surface area contributed by atoms with Gasteiger partial charge in [-0.2, -0.15) is 10.5 Å².